The number of benzene rings is 9. The Bertz CT molecular complexity index is 3430. The number of nitrogens with zero attached hydrogens (tertiary/aromatic N) is 4. The van der Waals surface area contributed by atoms with Gasteiger partial charge < -0.3 is 4.57 Å². The topological polar surface area (TPSA) is 68.6 Å². The fraction of sp³-hybridized carbons (Fsp3) is 0. The van der Waals surface area contributed by atoms with Crippen LogP contribution in [0.15, 0.2) is 237 Å². The molecule has 0 radical (unpaired) electrons. The highest BCUT2D eigenvalue weighted by Gasteiger charge is 2.29. The van der Waals surface area contributed by atoms with Crippen LogP contribution in [0.4, 0.5) is 0 Å². The van der Waals surface area contributed by atoms with Crippen LogP contribution in [-0.2, 0) is 4.57 Å². The van der Waals surface area contributed by atoms with E-state index in [1.54, 1.807) is 0 Å². The van der Waals surface area contributed by atoms with E-state index in [0.29, 0.717) is 17.5 Å². The maximum absolute atomic E-state index is 15.1. The molecule has 64 heavy (non-hydrogen) atoms. The van der Waals surface area contributed by atoms with Gasteiger partial charge in [-0.05, 0) is 16.7 Å². The van der Waals surface area contributed by atoms with Crippen LogP contribution in [0.5, 0.6) is 0 Å². The Labute approximate surface area is 371 Å². The summed E-state index contributed by atoms with van der Waals surface area (Å²) in [6.07, 6.45) is 0. The van der Waals surface area contributed by atoms with Gasteiger partial charge in [0, 0.05) is 59.9 Å². The van der Waals surface area contributed by atoms with Crippen LogP contribution in [0.1, 0.15) is 0 Å². The van der Waals surface area contributed by atoms with E-state index in [0.717, 1.165) is 76.8 Å². The molecule has 0 unspecified atom stereocenters. The number of fused-ring (bicyclic) bond motifs is 3. The predicted octanol–water partition coefficient (Wildman–Crippen LogP) is 13.2. The van der Waals surface area contributed by atoms with Gasteiger partial charge in [-0.2, -0.15) is 0 Å². The second-order valence-corrected chi connectivity index (χ2v) is 18.5. The zero-order valence-electron chi connectivity index (χ0n) is 34.7. The molecule has 0 aliphatic rings. The standard InChI is InChI=1S/C58H39N4OP/c63-64(46-24-12-4-13-25-46,47-26-14-5-15-27-47)48-38-36-45(37-39-48)58-61-56(43-22-10-3-11-23-43)60-57(62-58)44-34-32-41(33-35-44)50-29-17-31-52-53-49(40-18-6-1-7-19-40)28-16-30-51(53)54(59-55(50)52)42-20-8-2-9-21-42/h1-39H. The first-order chi connectivity index (χ1) is 31.6. The van der Waals surface area contributed by atoms with Gasteiger partial charge in [0.2, 0.25) is 0 Å². The molecule has 2 heterocycles. The molecular formula is C58H39N4OP. The third-order valence-electron chi connectivity index (χ3n) is 11.8. The van der Waals surface area contributed by atoms with Crippen molar-refractivity contribution >= 4 is 44.7 Å². The molecule has 5 nitrogen and oxygen atoms in total. The van der Waals surface area contributed by atoms with Crippen molar-refractivity contribution in [2.45, 2.75) is 0 Å². The van der Waals surface area contributed by atoms with Crippen molar-refractivity contribution in [2.75, 3.05) is 0 Å². The van der Waals surface area contributed by atoms with Crippen molar-refractivity contribution in [2.24, 2.45) is 0 Å². The molecule has 0 saturated carbocycles. The molecule has 302 valence electrons. The number of para-hydroxylation sites is 1. The molecule has 11 aromatic rings. The summed E-state index contributed by atoms with van der Waals surface area (Å²) in [7, 11) is -3.15. The molecule has 0 spiro atoms. The molecule has 2 aromatic heterocycles. The van der Waals surface area contributed by atoms with Gasteiger partial charge in [-0.15, -0.1) is 0 Å². The maximum Gasteiger partial charge on any atom is 0.171 e. The minimum absolute atomic E-state index is 0.529. The molecule has 11 rings (SSSR count). The van der Waals surface area contributed by atoms with Crippen LogP contribution in [0.25, 0.3) is 89.4 Å². The Balaban J connectivity index is 1.02. The van der Waals surface area contributed by atoms with E-state index in [-0.39, 0.29) is 0 Å². The average molecular weight is 839 g/mol. The SMILES string of the molecule is O=P(c1ccccc1)(c1ccccc1)c1ccc(-c2nc(-c3ccccc3)nc(-c3ccc(-c4cccc5c4nc(-c4ccccc4)c4cccc(-c6ccccc6)c45)cc3)n2)cc1. The zero-order chi connectivity index (χ0) is 42.9. The van der Waals surface area contributed by atoms with Gasteiger partial charge >= 0.3 is 0 Å². The maximum atomic E-state index is 15.1. The van der Waals surface area contributed by atoms with Crippen LogP contribution in [0.3, 0.4) is 0 Å². The summed E-state index contributed by atoms with van der Waals surface area (Å²) < 4.78 is 15.1. The van der Waals surface area contributed by atoms with E-state index in [2.05, 4.69) is 115 Å². The molecule has 0 bridgehead atoms. The first kappa shape index (κ1) is 38.8. The Kier molecular flexibility index (Phi) is 10.1. The summed E-state index contributed by atoms with van der Waals surface area (Å²) in [6, 6.07) is 79.7. The van der Waals surface area contributed by atoms with Crippen LogP contribution >= 0.6 is 7.14 Å². The third-order valence-corrected chi connectivity index (χ3v) is 14.9. The van der Waals surface area contributed by atoms with Crippen molar-refractivity contribution in [3.8, 4) is 67.7 Å². The lowest BCUT2D eigenvalue weighted by molar-refractivity contribution is 0.592. The quantitative estimate of drug-likeness (QED) is 0.107. The van der Waals surface area contributed by atoms with E-state index in [1.807, 2.05) is 121 Å². The molecule has 0 N–H and O–H groups in total. The smallest absolute Gasteiger partial charge is 0.171 e. The number of hydrogen-bond donors (Lipinski definition) is 0. The summed E-state index contributed by atoms with van der Waals surface area (Å²) in [5.41, 5.74) is 9.90. The molecule has 0 aliphatic heterocycles. The monoisotopic (exact) mass is 838 g/mol. The summed E-state index contributed by atoms with van der Waals surface area (Å²) >= 11 is 0. The summed E-state index contributed by atoms with van der Waals surface area (Å²) in [5.74, 6) is 1.65. The van der Waals surface area contributed by atoms with Crippen molar-refractivity contribution in [3.63, 3.8) is 0 Å². The second-order valence-electron chi connectivity index (χ2n) is 15.7. The van der Waals surface area contributed by atoms with Crippen LogP contribution in [0, 0.1) is 0 Å². The van der Waals surface area contributed by atoms with Gasteiger partial charge in [-0.25, -0.2) is 19.9 Å². The molecule has 0 amide bonds. The Morgan fingerprint density at radius 1 is 0.281 bits per heavy atom. The zero-order valence-corrected chi connectivity index (χ0v) is 35.6. The molecule has 0 fully saturated rings. The van der Waals surface area contributed by atoms with E-state index in [1.165, 1.54) is 10.9 Å². The van der Waals surface area contributed by atoms with Crippen molar-refractivity contribution in [1.29, 1.82) is 0 Å². The van der Waals surface area contributed by atoms with Crippen molar-refractivity contribution in [1.82, 2.24) is 19.9 Å². The average Bonchev–Trinajstić information content (AvgIpc) is 3.39. The lowest BCUT2D eigenvalue weighted by Gasteiger charge is -2.20. The highest BCUT2D eigenvalue weighted by atomic mass is 31.2. The van der Waals surface area contributed by atoms with E-state index in [4.69, 9.17) is 19.9 Å². The van der Waals surface area contributed by atoms with Gasteiger partial charge in [-0.3, -0.25) is 0 Å². The summed E-state index contributed by atoms with van der Waals surface area (Å²) in [6.45, 7) is 0. The predicted molar refractivity (Wildman–Crippen MR) is 265 cm³/mol. The fourth-order valence-corrected chi connectivity index (χ4v) is 11.3. The molecule has 0 saturated heterocycles. The number of pyridine rings is 1. The minimum atomic E-state index is -3.15. The van der Waals surface area contributed by atoms with Crippen molar-refractivity contribution < 1.29 is 4.57 Å². The molecule has 0 atom stereocenters. The normalized spacial score (nSPS) is 11.5. The Morgan fingerprint density at radius 2 is 0.656 bits per heavy atom. The highest BCUT2D eigenvalue weighted by Crippen LogP contribution is 2.43. The van der Waals surface area contributed by atoms with E-state index in [9.17, 15) is 0 Å². The first-order valence-electron chi connectivity index (χ1n) is 21.3. The second kappa shape index (κ2) is 16.6. The number of rotatable bonds is 9. The van der Waals surface area contributed by atoms with Gasteiger partial charge in [0.05, 0.1) is 11.2 Å². The Hall–Kier alpha value is -8.11. The molecule has 6 heteroatoms. The van der Waals surface area contributed by atoms with Gasteiger partial charge in [-0.1, -0.05) is 237 Å². The summed E-state index contributed by atoms with van der Waals surface area (Å²) in [4.78, 5) is 20.6. The molecule has 9 aromatic carbocycles. The van der Waals surface area contributed by atoms with Gasteiger partial charge in [0.25, 0.3) is 0 Å². The number of aromatic nitrogens is 4. The fourth-order valence-electron chi connectivity index (χ4n) is 8.68. The molecule has 0 aliphatic carbocycles. The van der Waals surface area contributed by atoms with Gasteiger partial charge in [0.1, 0.15) is 0 Å². The lowest BCUT2D eigenvalue weighted by Crippen LogP contribution is -2.24. The third kappa shape index (κ3) is 7.08. The van der Waals surface area contributed by atoms with E-state index >= 15 is 4.57 Å². The Morgan fingerprint density at radius 3 is 1.19 bits per heavy atom. The highest BCUT2D eigenvalue weighted by molar-refractivity contribution is 7.85. The number of hydrogen-bond acceptors (Lipinski definition) is 5. The van der Waals surface area contributed by atoms with E-state index < -0.39 is 7.14 Å². The van der Waals surface area contributed by atoms with Crippen LogP contribution in [0.2, 0.25) is 0 Å². The summed E-state index contributed by atoms with van der Waals surface area (Å²) in [5, 5.41) is 5.70. The van der Waals surface area contributed by atoms with Gasteiger partial charge in [0.15, 0.2) is 24.6 Å². The first-order valence-corrected chi connectivity index (χ1v) is 23.0. The molecular weight excluding hydrogens is 800 g/mol. The van der Waals surface area contributed by atoms with Crippen LogP contribution in [-0.4, -0.2) is 19.9 Å². The lowest BCUT2D eigenvalue weighted by atomic mass is 9.91. The van der Waals surface area contributed by atoms with Crippen LogP contribution < -0.4 is 15.9 Å². The largest absolute Gasteiger partial charge is 0.309 e. The minimum Gasteiger partial charge on any atom is -0.309 e. The van der Waals surface area contributed by atoms with Crippen molar-refractivity contribution in [3.05, 3.63) is 237 Å².